The molecule has 0 aliphatic carbocycles. The van der Waals surface area contributed by atoms with Gasteiger partial charge in [0.05, 0.1) is 20.3 Å². The number of methoxy groups -OCH3 is 2. The lowest BCUT2D eigenvalue weighted by atomic mass is 10.1. The Hall–Kier alpha value is -2.83. The molecule has 1 rings (SSSR count). The molecular weight excluding hydrogens is 276 g/mol. The van der Waals surface area contributed by atoms with Gasteiger partial charge in [-0.15, -0.1) is 0 Å². The average Bonchev–Trinajstić information content (AvgIpc) is 2.46. The van der Waals surface area contributed by atoms with Crippen LogP contribution in [0.25, 0.3) is 0 Å². The Kier molecular flexibility index (Phi) is 5.48. The topological polar surface area (TPSA) is 108 Å². The maximum atomic E-state index is 11.6. The summed E-state index contributed by atoms with van der Waals surface area (Å²) in [7, 11) is 2.39. The quantitative estimate of drug-likeness (QED) is 0.612. The molecule has 1 aromatic rings. The van der Waals surface area contributed by atoms with E-state index in [2.05, 4.69) is 14.8 Å². The standard InChI is InChI=1S/C14H16N2O5/c1-8-6-9(13(15)18)4-5-10(8)16-11(14(19)21-3)7-12(17)20-2/h4-7,16H,1-3H3,(H2,15,18)/b11-7+. The van der Waals surface area contributed by atoms with E-state index in [-0.39, 0.29) is 5.70 Å². The zero-order valence-electron chi connectivity index (χ0n) is 11.9. The van der Waals surface area contributed by atoms with Crippen molar-refractivity contribution in [3.8, 4) is 0 Å². The van der Waals surface area contributed by atoms with Gasteiger partial charge >= 0.3 is 11.9 Å². The van der Waals surface area contributed by atoms with Gasteiger partial charge in [-0.05, 0) is 30.7 Å². The SMILES string of the molecule is COC(=O)/C=C(/Nc1ccc(C(N)=O)cc1C)C(=O)OC. The van der Waals surface area contributed by atoms with Gasteiger partial charge < -0.3 is 20.5 Å². The van der Waals surface area contributed by atoms with Crippen LogP contribution in [-0.2, 0) is 19.1 Å². The maximum absolute atomic E-state index is 11.6. The fourth-order valence-corrected chi connectivity index (χ4v) is 1.54. The van der Waals surface area contributed by atoms with Gasteiger partial charge in [-0.2, -0.15) is 0 Å². The monoisotopic (exact) mass is 292 g/mol. The Balaban J connectivity index is 3.10. The van der Waals surface area contributed by atoms with Crippen molar-refractivity contribution in [2.75, 3.05) is 19.5 Å². The lowest BCUT2D eigenvalue weighted by Crippen LogP contribution is -2.16. The summed E-state index contributed by atoms with van der Waals surface area (Å²) in [4.78, 5) is 34.0. The van der Waals surface area contributed by atoms with Crippen LogP contribution < -0.4 is 11.1 Å². The fourth-order valence-electron chi connectivity index (χ4n) is 1.54. The second kappa shape index (κ2) is 7.09. The van der Waals surface area contributed by atoms with Crippen molar-refractivity contribution >= 4 is 23.5 Å². The zero-order chi connectivity index (χ0) is 16.0. The van der Waals surface area contributed by atoms with Crippen molar-refractivity contribution in [3.63, 3.8) is 0 Å². The van der Waals surface area contributed by atoms with Gasteiger partial charge in [-0.3, -0.25) is 4.79 Å². The van der Waals surface area contributed by atoms with Crippen LogP contribution >= 0.6 is 0 Å². The summed E-state index contributed by atoms with van der Waals surface area (Å²) in [5, 5.41) is 2.76. The third-order valence-corrected chi connectivity index (χ3v) is 2.65. The number of amides is 1. The van der Waals surface area contributed by atoms with Gasteiger partial charge in [0, 0.05) is 11.3 Å². The van der Waals surface area contributed by atoms with Crippen molar-refractivity contribution in [1.29, 1.82) is 0 Å². The van der Waals surface area contributed by atoms with Crippen LogP contribution in [-0.4, -0.2) is 32.1 Å². The molecule has 21 heavy (non-hydrogen) atoms. The first-order chi connectivity index (χ1) is 9.88. The highest BCUT2D eigenvalue weighted by Gasteiger charge is 2.14. The Morgan fingerprint density at radius 1 is 1.19 bits per heavy atom. The van der Waals surface area contributed by atoms with Crippen LogP contribution in [0.3, 0.4) is 0 Å². The normalized spacial score (nSPS) is 10.7. The number of ether oxygens (including phenoxy) is 2. The molecule has 0 fully saturated rings. The Labute approximate surface area is 121 Å². The number of rotatable bonds is 5. The largest absolute Gasteiger partial charge is 0.466 e. The smallest absolute Gasteiger partial charge is 0.354 e. The molecule has 0 bridgehead atoms. The van der Waals surface area contributed by atoms with Gasteiger partial charge in [-0.1, -0.05) is 0 Å². The number of nitrogens with two attached hydrogens (primary N) is 1. The van der Waals surface area contributed by atoms with E-state index >= 15 is 0 Å². The van der Waals surface area contributed by atoms with E-state index in [1.165, 1.54) is 20.3 Å². The molecule has 0 heterocycles. The van der Waals surface area contributed by atoms with Crippen molar-refractivity contribution < 1.29 is 23.9 Å². The van der Waals surface area contributed by atoms with Crippen LogP contribution in [0.4, 0.5) is 5.69 Å². The summed E-state index contributed by atoms with van der Waals surface area (Å²) in [6, 6.07) is 4.64. The summed E-state index contributed by atoms with van der Waals surface area (Å²) in [5.41, 5.74) is 6.64. The summed E-state index contributed by atoms with van der Waals surface area (Å²) in [5.74, 6) is -1.98. The fraction of sp³-hybridized carbons (Fsp3) is 0.214. The molecule has 0 aromatic heterocycles. The van der Waals surface area contributed by atoms with Gasteiger partial charge in [-0.25, -0.2) is 9.59 Å². The number of primary amides is 1. The first-order valence-electron chi connectivity index (χ1n) is 5.94. The van der Waals surface area contributed by atoms with E-state index < -0.39 is 17.8 Å². The molecule has 0 radical (unpaired) electrons. The molecule has 0 spiro atoms. The number of benzene rings is 1. The number of hydrogen-bond acceptors (Lipinski definition) is 6. The summed E-state index contributed by atoms with van der Waals surface area (Å²) < 4.78 is 9.05. The lowest BCUT2D eigenvalue weighted by molar-refractivity contribution is -0.138. The number of hydrogen-bond donors (Lipinski definition) is 2. The first kappa shape index (κ1) is 16.2. The van der Waals surface area contributed by atoms with Gasteiger partial charge in [0.15, 0.2) is 0 Å². The van der Waals surface area contributed by atoms with E-state index in [1.54, 1.807) is 19.1 Å². The minimum absolute atomic E-state index is 0.0840. The zero-order valence-corrected chi connectivity index (χ0v) is 11.9. The Morgan fingerprint density at radius 2 is 1.86 bits per heavy atom. The number of aryl methyl sites for hydroxylation is 1. The van der Waals surface area contributed by atoms with Gasteiger partial charge in [0.2, 0.25) is 5.91 Å². The molecule has 0 saturated carbocycles. The lowest BCUT2D eigenvalue weighted by Gasteiger charge is -2.12. The van der Waals surface area contributed by atoms with Crippen molar-refractivity contribution in [1.82, 2.24) is 0 Å². The van der Waals surface area contributed by atoms with Crippen LogP contribution in [0.1, 0.15) is 15.9 Å². The molecule has 0 atom stereocenters. The Morgan fingerprint density at radius 3 is 2.33 bits per heavy atom. The molecule has 7 heteroatoms. The molecule has 0 unspecified atom stereocenters. The summed E-state index contributed by atoms with van der Waals surface area (Å²) in [6.45, 7) is 1.72. The first-order valence-corrected chi connectivity index (χ1v) is 5.94. The van der Waals surface area contributed by atoms with Crippen LogP contribution in [0.2, 0.25) is 0 Å². The van der Waals surface area contributed by atoms with E-state index in [9.17, 15) is 14.4 Å². The molecule has 1 aromatic carbocycles. The second-order valence-corrected chi connectivity index (χ2v) is 4.09. The van der Waals surface area contributed by atoms with Crippen molar-refractivity contribution in [3.05, 3.63) is 41.1 Å². The van der Waals surface area contributed by atoms with E-state index in [4.69, 9.17) is 5.73 Å². The van der Waals surface area contributed by atoms with Crippen molar-refractivity contribution in [2.45, 2.75) is 6.92 Å². The van der Waals surface area contributed by atoms with Crippen LogP contribution in [0, 0.1) is 6.92 Å². The predicted molar refractivity (Wildman–Crippen MR) is 75.4 cm³/mol. The Bertz CT molecular complexity index is 607. The van der Waals surface area contributed by atoms with Gasteiger partial charge in [0.1, 0.15) is 5.70 Å². The molecular formula is C14H16N2O5. The molecule has 112 valence electrons. The molecule has 0 aliphatic rings. The third kappa shape index (κ3) is 4.34. The third-order valence-electron chi connectivity index (χ3n) is 2.65. The number of nitrogens with one attached hydrogen (secondary N) is 1. The highest BCUT2D eigenvalue weighted by atomic mass is 16.5. The number of carbonyl (C=O) groups is 3. The highest BCUT2D eigenvalue weighted by Crippen LogP contribution is 2.18. The minimum atomic E-state index is -0.723. The molecule has 0 saturated heterocycles. The summed E-state index contributed by atoms with van der Waals surface area (Å²) >= 11 is 0. The van der Waals surface area contributed by atoms with E-state index in [0.717, 1.165) is 6.08 Å². The van der Waals surface area contributed by atoms with Crippen LogP contribution in [0.5, 0.6) is 0 Å². The molecule has 7 nitrogen and oxygen atoms in total. The van der Waals surface area contributed by atoms with E-state index in [1.807, 2.05) is 0 Å². The minimum Gasteiger partial charge on any atom is -0.466 e. The summed E-state index contributed by atoms with van der Waals surface area (Å²) in [6.07, 6.45) is 0.979. The molecule has 0 aliphatic heterocycles. The van der Waals surface area contributed by atoms with Crippen molar-refractivity contribution in [2.24, 2.45) is 5.73 Å². The molecule has 1 amide bonds. The maximum Gasteiger partial charge on any atom is 0.354 e. The molecule has 3 N–H and O–H groups in total. The average molecular weight is 292 g/mol. The van der Waals surface area contributed by atoms with Crippen LogP contribution in [0.15, 0.2) is 30.0 Å². The number of anilines is 1. The number of esters is 2. The van der Waals surface area contributed by atoms with E-state index in [0.29, 0.717) is 16.8 Å². The highest BCUT2D eigenvalue weighted by molar-refractivity contribution is 5.99. The van der Waals surface area contributed by atoms with Gasteiger partial charge in [0.25, 0.3) is 0 Å². The second-order valence-electron chi connectivity index (χ2n) is 4.09. The predicted octanol–water partition coefficient (Wildman–Crippen LogP) is 0.736. The number of carbonyl (C=O) groups excluding carboxylic acids is 3.